The zero-order valence-corrected chi connectivity index (χ0v) is 14.9. The minimum Gasteiger partial charge on any atom is -0.339 e. The molecule has 0 spiro atoms. The molecule has 0 aliphatic carbocycles. The molecule has 25 heavy (non-hydrogen) atoms. The maximum Gasteiger partial charge on any atom is 0.231 e. The van der Waals surface area contributed by atoms with Gasteiger partial charge in [-0.1, -0.05) is 59.2 Å². The Bertz CT molecular complexity index is 877. The van der Waals surface area contributed by atoms with Gasteiger partial charge in [-0.3, -0.25) is 4.90 Å². The molecule has 4 rings (SSSR count). The van der Waals surface area contributed by atoms with E-state index < -0.39 is 0 Å². The fraction of sp³-hybridized carbons (Fsp3) is 0.300. The molecule has 0 amide bonds. The van der Waals surface area contributed by atoms with E-state index in [1.54, 1.807) is 0 Å². The number of aryl methyl sites for hydroxylation is 1. The van der Waals surface area contributed by atoms with Crippen LogP contribution in [0.4, 0.5) is 0 Å². The van der Waals surface area contributed by atoms with E-state index in [1.165, 1.54) is 0 Å². The lowest BCUT2D eigenvalue weighted by Gasteiger charge is -2.16. The summed E-state index contributed by atoms with van der Waals surface area (Å²) >= 11 is 6.27. The van der Waals surface area contributed by atoms with Gasteiger partial charge in [0.1, 0.15) is 0 Å². The number of likely N-dealkylation sites (tertiary alicyclic amines) is 1. The molecule has 0 bridgehead atoms. The molecule has 1 unspecified atom stereocenters. The molecule has 0 radical (unpaired) electrons. The quantitative estimate of drug-likeness (QED) is 0.682. The van der Waals surface area contributed by atoms with Gasteiger partial charge in [-0.25, -0.2) is 0 Å². The molecule has 1 aliphatic heterocycles. The van der Waals surface area contributed by atoms with Gasteiger partial charge in [-0.15, -0.1) is 0 Å². The molecule has 0 N–H and O–H groups in total. The van der Waals surface area contributed by atoms with Crippen LogP contribution >= 0.6 is 11.6 Å². The second kappa shape index (κ2) is 6.98. The van der Waals surface area contributed by atoms with Crippen LogP contribution in [0.25, 0.3) is 11.4 Å². The highest BCUT2D eigenvalue weighted by atomic mass is 35.5. The highest BCUT2D eigenvalue weighted by Crippen LogP contribution is 2.30. The summed E-state index contributed by atoms with van der Waals surface area (Å²) in [6, 6.07) is 16.1. The van der Waals surface area contributed by atoms with Gasteiger partial charge in [0.25, 0.3) is 0 Å². The Morgan fingerprint density at radius 1 is 1.16 bits per heavy atom. The summed E-state index contributed by atoms with van der Waals surface area (Å²) in [4.78, 5) is 7.04. The largest absolute Gasteiger partial charge is 0.339 e. The van der Waals surface area contributed by atoms with Crippen molar-refractivity contribution in [1.82, 2.24) is 15.0 Å². The molecule has 1 aromatic heterocycles. The molecule has 2 aromatic carbocycles. The third kappa shape index (κ3) is 3.46. The summed E-state index contributed by atoms with van der Waals surface area (Å²) < 4.78 is 5.57. The van der Waals surface area contributed by atoms with E-state index in [2.05, 4.69) is 34.1 Å². The Labute approximate surface area is 152 Å². The van der Waals surface area contributed by atoms with Crippen molar-refractivity contribution in [3.05, 3.63) is 70.6 Å². The van der Waals surface area contributed by atoms with Crippen LogP contribution in [0.2, 0.25) is 5.02 Å². The predicted molar refractivity (Wildman–Crippen MR) is 98.6 cm³/mol. The SMILES string of the molecule is Cc1ccccc1-c1noc(C2CCN(Cc3ccccc3Cl)C2)n1. The average molecular weight is 354 g/mol. The van der Waals surface area contributed by atoms with Crippen molar-refractivity contribution in [3.63, 3.8) is 0 Å². The molecular formula is C20H20ClN3O. The molecule has 2 heterocycles. The molecule has 3 aromatic rings. The Balaban J connectivity index is 1.46. The van der Waals surface area contributed by atoms with Crippen LogP contribution in [0.15, 0.2) is 53.1 Å². The van der Waals surface area contributed by atoms with Crippen LogP contribution in [-0.4, -0.2) is 28.1 Å². The van der Waals surface area contributed by atoms with Crippen molar-refractivity contribution >= 4 is 11.6 Å². The minimum atomic E-state index is 0.285. The van der Waals surface area contributed by atoms with Gasteiger partial charge in [0, 0.05) is 23.7 Å². The first-order chi connectivity index (χ1) is 12.2. The van der Waals surface area contributed by atoms with E-state index in [4.69, 9.17) is 16.1 Å². The molecule has 4 nitrogen and oxygen atoms in total. The fourth-order valence-corrected chi connectivity index (χ4v) is 3.58. The zero-order valence-electron chi connectivity index (χ0n) is 14.2. The lowest BCUT2D eigenvalue weighted by molar-refractivity contribution is 0.309. The van der Waals surface area contributed by atoms with Gasteiger partial charge in [-0.05, 0) is 37.1 Å². The second-order valence-corrected chi connectivity index (χ2v) is 6.99. The monoisotopic (exact) mass is 353 g/mol. The van der Waals surface area contributed by atoms with Gasteiger partial charge in [-0.2, -0.15) is 4.98 Å². The maximum atomic E-state index is 6.27. The summed E-state index contributed by atoms with van der Waals surface area (Å²) in [6.45, 7) is 4.85. The molecule has 1 atom stereocenters. The second-order valence-electron chi connectivity index (χ2n) is 6.58. The topological polar surface area (TPSA) is 42.2 Å². The highest BCUT2D eigenvalue weighted by Gasteiger charge is 2.29. The van der Waals surface area contributed by atoms with Gasteiger partial charge in [0.2, 0.25) is 11.7 Å². The third-order valence-corrected chi connectivity index (χ3v) is 5.17. The third-order valence-electron chi connectivity index (χ3n) is 4.80. The van der Waals surface area contributed by atoms with Gasteiger partial charge >= 0.3 is 0 Å². The van der Waals surface area contributed by atoms with Crippen molar-refractivity contribution in [3.8, 4) is 11.4 Å². The standard InChI is InChI=1S/C20H20ClN3O/c1-14-6-2-4-8-17(14)19-22-20(25-23-19)16-10-11-24(13-16)12-15-7-3-5-9-18(15)21/h2-9,16H,10-13H2,1H3. The van der Waals surface area contributed by atoms with E-state index in [-0.39, 0.29) is 5.92 Å². The van der Waals surface area contributed by atoms with E-state index in [0.29, 0.717) is 5.82 Å². The summed E-state index contributed by atoms with van der Waals surface area (Å²) in [5.41, 5.74) is 3.35. The zero-order chi connectivity index (χ0) is 17.2. The Hall–Kier alpha value is -2.17. The van der Waals surface area contributed by atoms with E-state index in [1.807, 2.05) is 36.4 Å². The van der Waals surface area contributed by atoms with Crippen molar-refractivity contribution in [2.75, 3.05) is 13.1 Å². The first-order valence-electron chi connectivity index (χ1n) is 8.56. The smallest absolute Gasteiger partial charge is 0.231 e. The van der Waals surface area contributed by atoms with Crippen LogP contribution in [0.1, 0.15) is 29.4 Å². The molecule has 0 saturated carbocycles. The molecule has 1 fully saturated rings. The lowest BCUT2D eigenvalue weighted by Crippen LogP contribution is -2.20. The van der Waals surface area contributed by atoms with E-state index in [9.17, 15) is 0 Å². The van der Waals surface area contributed by atoms with Crippen LogP contribution < -0.4 is 0 Å². The maximum absolute atomic E-state index is 6.27. The van der Waals surface area contributed by atoms with Crippen molar-refractivity contribution < 1.29 is 4.52 Å². The van der Waals surface area contributed by atoms with Crippen LogP contribution in [-0.2, 0) is 6.54 Å². The summed E-state index contributed by atoms with van der Waals surface area (Å²) in [5, 5.41) is 5.01. The number of hydrogen-bond donors (Lipinski definition) is 0. The highest BCUT2D eigenvalue weighted by molar-refractivity contribution is 6.31. The molecule has 1 aliphatic rings. The van der Waals surface area contributed by atoms with E-state index in [0.717, 1.165) is 53.7 Å². The summed E-state index contributed by atoms with van der Waals surface area (Å²) in [5.74, 6) is 1.70. The number of hydrogen-bond acceptors (Lipinski definition) is 4. The average Bonchev–Trinajstić information content (AvgIpc) is 3.27. The Kier molecular flexibility index (Phi) is 4.55. The van der Waals surface area contributed by atoms with Gasteiger partial charge < -0.3 is 4.52 Å². The first kappa shape index (κ1) is 16.3. The fourth-order valence-electron chi connectivity index (χ4n) is 3.38. The molecular weight excluding hydrogens is 334 g/mol. The minimum absolute atomic E-state index is 0.285. The lowest BCUT2D eigenvalue weighted by atomic mass is 10.1. The Morgan fingerprint density at radius 2 is 1.96 bits per heavy atom. The van der Waals surface area contributed by atoms with Crippen molar-refractivity contribution in [1.29, 1.82) is 0 Å². The van der Waals surface area contributed by atoms with Gasteiger partial charge in [0.15, 0.2) is 0 Å². The van der Waals surface area contributed by atoms with Gasteiger partial charge in [0.05, 0.1) is 5.92 Å². The van der Waals surface area contributed by atoms with E-state index >= 15 is 0 Å². The number of nitrogens with zero attached hydrogens (tertiary/aromatic N) is 3. The summed E-state index contributed by atoms with van der Waals surface area (Å²) in [6.07, 6.45) is 1.03. The van der Waals surface area contributed by atoms with Crippen LogP contribution in [0, 0.1) is 6.92 Å². The van der Waals surface area contributed by atoms with Crippen LogP contribution in [0.5, 0.6) is 0 Å². The summed E-state index contributed by atoms with van der Waals surface area (Å²) in [7, 11) is 0. The first-order valence-corrected chi connectivity index (χ1v) is 8.94. The van der Waals surface area contributed by atoms with Crippen molar-refractivity contribution in [2.45, 2.75) is 25.8 Å². The van der Waals surface area contributed by atoms with Crippen molar-refractivity contribution in [2.24, 2.45) is 0 Å². The molecule has 1 saturated heterocycles. The number of aromatic nitrogens is 2. The van der Waals surface area contributed by atoms with Crippen LogP contribution in [0.3, 0.4) is 0 Å². The predicted octanol–water partition coefficient (Wildman–Crippen LogP) is 4.69. The molecule has 128 valence electrons. The number of rotatable bonds is 4. The number of halogens is 1. The molecule has 5 heteroatoms. The normalized spacial score (nSPS) is 17.9. The Morgan fingerprint density at radius 3 is 2.80 bits per heavy atom. The number of benzene rings is 2.